The number of carbonyl (C=O) groups is 1. The number of anilines is 1. The summed E-state index contributed by atoms with van der Waals surface area (Å²) in [5, 5.41) is 5.08. The molecule has 2 amide bonds. The Morgan fingerprint density at radius 3 is 2.46 bits per heavy atom. The number of urea groups is 1. The first-order valence-electron chi connectivity index (χ1n) is 8.26. The molecule has 0 saturated carbocycles. The van der Waals surface area contributed by atoms with E-state index >= 15 is 0 Å². The molecule has 0 fully saturated rings. The van der Waals surface area contributed by atoms with E-state index in [1.807, 2.05) is 31.3 Å². The zero-order chi connectivity index (χ0) is 19.2. The lowest BCUT2D eigenvalue weighted by atomic mass is 10.1. The summed E-state index contributed by atoms with van der Waals surface area (Å²) in [5.74, 6) is 0. The minimum absolute atomic E-state index is 0.0932. The third-order valence-corrected chi connectivity index (χ3v) is 3.88. The number of halogens is 3. The van der Waals surface area contributed by atoms with Crippen molar-refractivity contribution in [1.29, 1.82) is 0 Å². The normalized spacial score (nSPS) is 11.5. The summed E-state index contributed by atoms with van der Waals surface area (Å²) >= 11 is 0. The van der Waals surface area contributed by atoms with E-state index in [-0.39, 0.29) is 12.2 Å². The monoisotopic (exact) mass is 365 g/mol. The molecule has 0 unspecified atom stereocenters. The minimum atomic E-state index is -4.44. The lowest BCUT2D eigenvalue weighted by Gasteiger charge is -2.15. The molecule has 0 saturated heterocycles. The fourth-order valence-corrected chi connectivity index (χ4v) is 2.39. The van der Waals surface area contributed by atoms with E-state index in [0.717, 1.165) is 36.3 Å². The van der Waals surface area contributed by atoms with Gasteiger partial charge in [0.1, 0.15) is 0 Å². The van der Waals surface area contributed by atoms with Crippen LogP contribution >= 0.6 is 0 Å². The van der Waals surface area contributed by atoms with Crippen molar-refractivity contribution in [1.82, 2.24) is 10.2 Å². The van der Waals surface area contributed by atoms with Gasteiger partial charge in [-0.15, -0.1) is 0 Å². The summed E-state index contributed by atoms with van der Waals surface area (Å²) in [7, 11) is 2.02. The van der Waals surface area contributed by atoms with Crippen molar-refractivity contribution < 1.29 is 18.0 Å². The Labute approximate surface area is 151 Å². The SMILES string of the molecule is CCN(C)Cc1cccc(CNC(=O)Nc2cccc(C(F)(F)F)c2)c1. The average molecular weight is 365 g/mol. The fraction of sp³-hybridized carbons (Fsp3) is 0.316. The van der Waals surface area contributed by atoms with Gasteiger partial charge in [0.05, 0.1) is 5.56 Å². The number of hydrogen-bond acceptors (Lipinski definition) is 2. The third kappa shape index (κ3) is 6.07. The van der Waals surface area contributed by atoms with Gasteiger partial charge < -0.3 is 15.5 Å². The fourth-order valence-electron chi connectivity index (χ4n) is 2.39. The average Bonchev–Trinajstić information content (AvgIpc) is 2.60. The molecule has 0 aliphatic carbocycles. The van der Waals surface area contributed by atoms with Gasteiger partial charge in [0.15, 0.2) is 0 Å². The van der Waals surface area contributed by atoms with Crippen molar-refractivity contribution >= 4 is 11.7 Å². The van der Waals surface area contributed by atoms with Crippen LogP contribution in [0.25, 0.3) is 0 Å². The van der Waals surface area contributed by atoms with Crippen LogP contribution in [0, 0.1) is 0 Å². The first-order valence-corrected chi connectivity index (χ1v) is 8.26. The second kappa shape index (κ2) is 8.71. The van der Waals surface area contributed by atoms with E-state index in [4.69, 9.17) is 0 Å². The number of benzene rings is 2. The Hall–Kier alpha value is -2.54. The van der Waals surface area contributed by atoms with Crippen LogP contribution in [-0.2, 0) is 19.3 Å². The Balaban J connectivity index is 1.92. The highest BCUT2D eigenvalue weighted by atomic mass is 19.4. The Bertz CT molecular complexity index is 747. The summed E-state index contributed by atoms with van der Waals surface area (Å²) in [6, 6.07) is 11.8. The van der Waals surface area contributed by atoms with Gasteiger partial charge >= 0.3 is 12.2 Å². The van der Waals surface area contributed by atoms with E-state index in [0.29, 0.717) is 0 Å². The largest absolute Gasteiger partial charge is 0.416 e. The highest BCUT2D eigenvalue weighted by Crippen LogP contribution is 2.30. The van der Waals surface area contributed by atoms with Gasteiger partial charge in [-0.1, -0.05) is 37.3 Å². The van der Waals surface area contributed by atoms with Gasteiger partial charge in [0, 0.05) is 18.8 Å². The van der Waals surface area contributed by atoms with Gasteiger partial charge in [-0.3, -0.25) is 0 Å². The standard InChI is InChI=1S/C19H22F3N3O/c1-3-25(2)13-15-7-4-6-14(10-15)12-23-18(26)24-17-9-5-8-16(11-17)19(20,21)22/h4-11H,3,12-13H2,1-2H3,(H2,23,24,26). The first-order chi connectivity index (χ1) is 12.3. The highest BCUT2D eigenvalue weighted by molar-refractivity contribution is 5.89. The molecule has 2 rings (SSSR count). The first kappa shape index (κ1) is 19.8. The Morgan fingerprint density at radius 2 is 1.77 bits per heavy atom. The topological polar surface area (TPSA) is 44.4 Å². The number of hydrogen-bond donors (Lipinski definition) is 2. The summed E-state index contributed by atoms with van der Waals surface area (Å²) in [4.78, 5) is 14.1. The molecule has 0 bridgehead atoms. The molecule has 2 N–H and O–H groups in total. The van der Waals surface area contributed by atoms with Crippen molar-refractivity contribution in [2.75, 3.05) is 18.9 Å². The quantitative estimate of drug-likeness (QED) is 0.793. The molecule has 0 atom stereocenters. The highest BCUT2D eigenvalue weighted by Gasteiger charge is 2.30. The van der Waals surface area contributed by atoms with Gasteiger partial charge in [0.25, 0.3) is 0 Å². The molecule has 4 nitrogen and oxygen atoms in total. The molecule has 0 radical (unpaired) electrons. The second-order valence-electron chi connectivity index (χ2n) is 6.04. The zero-order valence-corrected chi connectivity index (χ0v) is 14.7. The van der Waals surface area contributed by atoms with Crippen molar-refractivity contribution in [2.45, 2.75) is 26.2 Å². The minimum Gasteiger partial charge on any atom is -0.334 e. The van der Waals surface area contributed by atoms with Crippen LogP contribution < -0.4 is 10.6 Å². The van der Waals surface area contributed by atoms with Gasteiger partial charge in [-0.05, 0) is 42.9 Å². The van der Waals surface area contributed by atoms with E-state index < -0.39 is 17.8 Å². The smallest absolute Gasteiger partial charge is 0.334 e. The van der Waals surface area contributed by atoms with E-state index in [9.17, 15) is 18.0 Å². The van der Waals surface area contributed by atoms with Crippen LogP contribution in [0.5, 0.6) is 0 Å². The van der Waals surface area contributed by atoms with E-state index in [2.05, 4.69) is 22.5 Å². The number of nitrogens with one attached hydrogen (secondary N) is 2. The molecule has 140 valence electrons. The van der Waals surface area contributed by atoms with Crippen LogP contribution in [0.2, 0.25) is 0 Å². The number of nitrogens with zero attached hydrogens (tertiary/aromatic N) is 1. The van der Waals surface area contributed by atoms with Crippen LogP contribution in [0.1, 0.15) is 23.6 Å². The van der Waals surface area contributed by atoms with Crippen molar-refractivity contribution in [3.05, 3.63) is 65.2 Å². The molecule has 2 aromatic rings. The zero-order valence-electron chi connectivity index (χ0n) is 14.7. The Kier molecular flexibility index (Phi) is 6.63. The summed E-state index contributed by atoms with van der Waals surface area (Å²) in [6.45, 7) is 4.10. The maximum Gasteiger partial charge on any atom is 0.416 e. The predicted octanol–water partition coefficient (Wildman–Crippen LogP) is 4.48. The molecular formula is C19H22F3N3O. The van der Waals surface area contributed by atoms with Gasteiger partial charge in [0.2, 0.25) is 0 Å². The van der Waals surface area contributed by atoms with Crippen molar-refractivity contribution in [3.8, 4) is 0 Å². The molecule has 2 aromatic carbocycles. The maximum atomic E-state index is 12.7. The van der Waals surface area contributed by atoms with Crippen molar-refractivity contribution in [3.63, 3.8) is 0 Å². The van der Waals surface area contributed by atoms with E-state index in [1.54, 1.807) is 0 Å². The summed E-state index contributed by atoms with van der Waals surface area (Å²) < 4.78 is 38.1. The maximum absolute atomic E-state index is 12.7. The molecule has 0 heterocycles. The Morgan fingerprint density at radius 1 is 1.08 bits per heavy atom. The molecule has 26 heavy (non-hydrogen) atoms. The molecule has 0 aromatic heterocycles. The van der Waals surface area contributed by atoms with Gasteiger partial charge in [-0.25, -0.2) is 4.79 Å². The lowest BCUT2D eigenvalue weighted by molar-refractivity contribution is -0.137. The molecule has 0 aliphatic rings. The number of amides is 2. The predicted molar refractivity (Wildman–Crippen MR) is 95.8 cm³/mol. The summed E-state index contributed by atoms with van der Waals surface area (Å²) in [5.41, 5.74) is 1.34. The van der Waals surface area contributed by atoms with Crippen LogP contribution in [0.4, 0.5) is 23.7 Å². The van der Waals surface area contributed by atoms with Gasteiger partial charge in [-0.2, -0.15) is 13.2 Å². The van der Waals surface area contributed by atoms with Crippen LogP contribution in [-0.4, -0.2) is 24.5 Å². The lowest BCUT2D eigenvalue weighted by Crippen LogP contribution is -2.28. The number of carbonyl (C=O) groups excluding carboxylic acids is 1. The molecule has 0 spiro atoms. The van der Waals surface area contributed by atoms with Crippen molar-refractivity contribution in [2.24, 2.45) is 0 Å². The molecule has 0 aliphatic heterocycles. The molecule has 7 heteroatoms. The second-order valence-corrected chi connectivity index (χ2v) is 6.04. The number of alkyl halides is 3. The number of rotatable bonds is 6. The van der Waals surface area contributed by atoms with Crippen LogP contribution in [0.3, 0.4) is 0 Å². The summed E-state index contributed by atoms with van der Waals surface area (Å²) in [6.07, 6.45) is -4.44. The third-order valence-electron chi connectivity index (χ3n) is 3.88. The van der Waals surface area contributed by atoms with E-state index in [1.165, 1.54) is 12.1 Å². The van der Waals surface area contributed by atoms with Crippen LogP contribution in [0.15, 0.2) is 48.5 Å². The molecular weight excluding hydrogens is 343 g/mol.